The van der Waals surface area contributed by atoms with Gasteiger partial charge in [-0.2, -0.15) is 8.78 Å². The molecule has 140 valence electrons. The molecule has 0 saturated heterocycles. The fourth-order valence-electron chi connectivity index (χ4n) is 2.14. The van der Waals surface area contributed by atoms with Gasteiger partial charge in [0.1, 0.15) is 5.75 Å². The van der Waals surface area contributed by atoms with Gasteiger partial charge in [0.25, 0.3) is 10.0 Å². The molecule has 0 bridgehead atoms. The van der Waals surface area contributed by atoms with Gasteiger partial charge in [-0.25, -0.2) is 8.42 Å². The summed E-state index contributed by atoms with van der Waals surface area (Å²) in [5.74, 6) is -0.611. The molecule has 0 fully saturated rings. The van der Waals surface area contributed by atoms with Crippen LogP contribution in [0.1, 0.15) is 12.5 Å². The molecule has 2 aromatic rings. The van der Waals surface area contributed by atoms with Crippen LogP contribution >= 0.6 is 11.6 Å². The number of nitrogens with one attached hydrogen (secondary N) is 2. The molecule has 0 aliphatic heterocycles. The first-order valence-electron chi connectivity index (χ1n) is 7.24. The summed E-state index contributed by atoms with van der Waals surface area (Å²) in [6, 6.07) is 7.97. The molecule has 26 heavy (non-hydrogen) atoms. The van der Waals surface area contributed by atoms with E-state index in [0.29, 0.717) is 11.3 Å². The molecule has 0 aromatic heterocycles. The van der Waals surface area contributed by atoms with Crippen LogP contribution in [0.3, 0.4) is 0 Å². The van der Waals surface area contributed by atoms with E-state index < -0.39 is 16.6 Å². The first-order valence-corrected chi connectivity index (χ1v) is 9.10. The predicted octanol–water partition coefficient (Wildman–Crippen LogP) is 4.01. The number of anilines is 2. The Hall–Kier alpha value is -2.39. The monoisotopic (exact) mass is 404 g/mol. The minimum atomic E-state index is -4.00. The maximum atomic E-state index is 12.6. The lowest BCUT2D eigenvalue weighted by atomic mass is 10.2. The number of ether oxygens (including phenoxy) is 1. The number of hydrogen-bond donors (Lipinski definition) is 2. The number of carbonyl (C=O) groups excluding carboxylic acids is 1. The predicted molar refractivity (Wildman–Crippen MR) is 94.4 cm³/mol. The Labute approximate surface area is 154 Å². The molecule has 2 rings (SSSR count). The number of benzene rings is 2. The molecule has 2 N–H and O–H groups in total. The Balaban J connectivity index is 2.31. The highest BCUT2D eigenvalue weighted by Gasteiger charge is 2.19. The van der Waals surface area contributed by atoms with Gasteiger partial charge in [0.05, 0.1) is 15.6 Å². The van der Waals surface area contributed by atoms with Gasteiger partial charge in [-0.3, -0.25) is 9.52 Å². The molecule has 0 aliphatic carbocycles. The molecule has 0 heterocycles. The average Bonchev–Trinajstić information content (AvgIpc) is 2.50. The average molecular weight is 405 g/mol. The molecule has 0 saturated carbocycles. The second-order valence-electron chi connectivity index (χ2n) is 5.29. The van der Waals surface area contributed by atoms with Crippen LogP contribution in [0.2, 0.25) is 5.02 Å². The van der Waals surface area contributed by atoms with Gasteiger partial charge >= 0.3 is 6.61 Å². The number of sulfonamides is 1. The Morgan fingerprint density at radius 3 is 2.38 bits per heavy atom. The third-order valence-corrected chi connectivity index (χ3v) is 5.02. The van der Waals surface area contributed by atoms with E-state index in [4.69, 9.17) is 11.6 Å². The van der Waals surface area contributed by atoms with Crippen LogP contribution in [0, 0.1) is 6.92 Å². The highest BCUT2D eigenvalue weighted by molar-refractivity contribution is 7.92. The topological polar surface area (TPSA) is 84.5 Å². The summed E-state index contributed by atoms with van der Waals surface area (Å²) in [7, 11) is -4.00. The summed E-state index contributed by atoms with van der Waals surface area (Å²) in [6.07, 6.45) is 0. The highest BCUT2D eigenvalue weighted by atomic mass is 35.5. The number of rotatable bonds is 6. The van der Waals surface area contributed by atoms with Gasteiger partial charge in [0.15, 0.2) is 0 Å². The van der Waals surface area contributed by atoms with Gasteiger partial charge in [-0.05, 0) is 42.8 Å². The van der Waals surface area contributed by atoms with Crippen LogP contribution in [0.15, 0.2) is 41.3 Å². The van der Waals surface area contributed by atoms with Gasteiger partial charge in [0, 0.05) is 12.6 Å². The maximum Gasteiger partial charge on any atom is 0.387 e. The summed E-state index contributed by atoms with van der Waals surface area (Å²) in [6.45, 7) is -0.148. The number of aryl methyl sites for hydroxylation is 1. The molecule has 0 unspecified atom stereocenters. The van der Waals surface area contributed by atoms with Gasteiger partial charge < -0.3 is 10.1 Å². The van der Waals surface area contributed by atoms with Crippen molar-refractivity contribution in [3.63, 3.8) is 0 Å². The molecule has 6 nitrogen and oxygen atoms in total. The lowest BCUT2D eigenvalue weighted by molar-refractivity contribution is -0.114. The van der Waals surface area contributed by atoms with Crippen molar-refractivity contribution in [2.45, 2.75) is 25.4 Å². The Morgan fingerprint density at radius 2 is 1.81 bits per heavy atom. The number of halogens is 3. The first-order chi connectivity index (χ1) is 12.1. The van der Waals surface area contributed by atoms with Crippen LogP contribution in [-0.4, -0.2) is 20.9 Å². The van der Waals surface area contributed by atoms with Crippen LogP contribution in [0.25, 0.3) is 0 Å². The smallest absolute Gasteiger partial charge is 0.387 e. The second-order valence-corrected chi connectivity index (χ2v) is 7.35. The van der Waals surface area contributed by atoms with Gasteiger partial charge in [-0.15, -0.1) is 0 Å². The van der Waals surface area contributed by atoms with Crippen molar-refractivity contribution >= 4 is 38.9 Å². The fourth-order valence-corrected chi connectivity index (χ4v) is 3.68. The molecule has 0 radical (unpaired) electrons. The normalized spacial score (nSPS) is 11.3. The van der Waals surface area contributed by atoms with E-state index in [1.807, 2.05) is 0 Å². The Kier molecular flexibility index (Phi) is 6.04. The fraction of sp³-hybridized carbons (Fsp3) is 0.188. The van der Waals surface area contributed by atoms with E-state index in [1.165, 1.54) is 19.1 Å². The van der Waals surface area contributed by atoms with Crippen molar-refractivity contribution < 1.29 is 26.7 Å². The minimum absolute atomic E-state index is 0.0484. The second kappa shape index (κ2) is 7.88. The van der Waals surface area contributed by atoms with Crippen LogP contribution < -0.4 is 14.8 Å². The molecule has 0 aliphatic rings. The van der Waals surface area contributed by atoms with E-state index in [1.54, 1.807) is 19.1 Å². The van der Waals surface area contributed by atoms with Crippen molar-refractivity contribution in [2.75, 3.05) is 10.0 Å². The molecular weight excluding hydrogens is 390 g/mol. The molecule has 10 heteroatoms. The Morgan fingerprint density at radius 1 is 1.15 bits per heavy atom. The summed E-state index contributed by atoms with van der Waals surface area (Å²) in [5, 5.41) is 2.33. The number of hydrogen-bond acceptors (Lipinski definition) is 4. The zero-order valence-corrected chi connectivity index (χ0v) is 15.3. The quantitative estimate of drug-likeness (QED) is 0.761. The molecule has 0 atom stereocenters. The minimum Gasteiger partial charge on any atom is -0.433 e. The lowest BCUT2D eigenvalue weighted by Crippen LogP contribution is -2.15. The molecule has 2 aromatic carbocycles. The van der Waals surface area contributed by atoms with Crippen molar-refractivity contribution in [1.82, 2.24) is 0 Å². The van der Waals surface area contributed by atoms with Gasteiger partial charge in [-0.1, -0.05) is 17.7 Å². The van der Waals surface area contributed by atoms with E-state index in [9.17, 15) is 22.0 Å². The van der Waals surface area contributed by atoms with Crippen molar-refractivity contribution in [3.05, 3.63) is 47.0 Å². The Bertz CT molecular complexity index is 936. The third kappa shape index (κ3) is 5.06. The van der Waals surface area contributed by atoms with Crippen molar-refractivity contribution in [3.8, 4) is 5.75 Å². The summed E-state index contributed by atoms with van der Waals surface area (Å²) >= 11 is 5.82. The third-order valence-electron chi connectivity index (χ3n) is 3.20. The summed E-state index contributed by atoms with van der Waals surface area (Å²) in [5.41, 5.74) is 0.846. The van der Waals surface area contributed by atoms with Crippen molar-refractivity contribution in [1.29, 1.82) is 0 Å². The summed E-state index contributed by atoms with van der Waals surface area (Å²) in [4.78, 5) is 11.1. The zero-order valence-electron chi connectivity index (χ0n) is 13.7. The first kappa shape index (κ1) is 19.9. The summed E-state index contributed by atoms with van der Waals surface area (Å²) < 4.78 is 56.2. The molecule has 0 spiro atoms. The SMILES string of the molecule is CC(=O)Nc1ccc(C)c(S(=O)(=O)Nc2ccc(OC(F)F)c(Cl)c2)c1. The van der Waals surface area contributed by atoms with Crippen molar-refractivity contribution in [2.24, 2.45) is 0 Å². The van der Waals surface area contributed by atoms with Crippen LogP contribution in [0.5, 0.6) is 5.75 Å². The zero-order chi connectivity index (χ0) is 19.5. The number of carbonyl (C=O) groups is 1. The largest absolute Gasteiger partial charge is 0.433 e. The van der Waals surface area contributed by atoms with E-state index in [0.717, 1.165) is 12.1 Å². The standard InChI is InChI=1S/C16H15ClF2N2O4S/c1-9-3-4-11(20-10(2)22)8-15(9)26(23,24)21-12-5-6-14(13(17)7-12)25-16(18)19/h3-8,16,21H,1-2H3,(H,20,22). The lowest BCUT2D eigenvalue weighted by Gasteiger charge is -2.13. The maximum absolute atomic E-state index is 12.6. The molecular formula is C16H15ClF2N2O4S. The molecule has 1 amide bonds. The van der Waals surface area contributed by atoms with Crippen LogP contribution in [-0.2, 0) is 14.8 Å². The van der Waals surface area contributed by atoms with Gasteiger partial charge in [0.2, 0.25) is 5.91 Å². The number of alkyl halides is 2. The number of amides is 1. The van der Waals surface area contributed by atoms with Crippen LogP contribution in [0.4, 0.5) is 20.2 Å². The van der Waals surface area contributed by atoms with E-state index >= 15 is 0 Å². The highest BCUT2D eigenvalue weighted by Crippen LogP contribution is 2.30. The van der Waals surface area contributed by atoms with E-state index in [-0.39, 0.29) is 27.3 Å². The van der Waals surface area contributed by atoms with E-state index in [2.05, 4.69) is 14.8 Å².